The summed E-state index contributed by atoms with van der Waals surface area (Å²) in [5.41, 5.74) is 0.854. The van der Waals surface area contributed by atoms with Crippen molar-refractivity contribution < 1.29 is 9.53 Å². The van der Waals surface area contributed by atoms with E-state index in [1.165, 1.54) is 5.56 Å². The SMILES string of the molecule is CC(C)(C)C(=O)OC1=C[C@@H](c2ccccc2)CCC1. The van der Waals surface area contributed by atoms with Gasteiger partial charge in [0, 0.05) is 12.3 Å². The maximum absolute atomic E-state index is 11.9. The molecule has 0 amide bonds. The van der Waals surface area contributed by atoms with Gasteiger partial charge in [-0.25, -0.2) is 0 Å². The van der Waals surface area contributed by atoms with Gasteiger partial charge in [0.05, 0.1) is 5.41 Å². The standard InChI is InChI=1S/C17H22O2/c1-17(2,3)16(18)19-15-11-7-10-14(12-15)13-8-5-4-6-9-13/h4-6,8-9,12,14H,7,10-11H2,1-3H3/t14-/m0/s1. The van der Waals surface area contributed by atoms with Crippen molar-refractivity contribution in [1.82, 2.24) is 0 Å². The molecule has 2 heteroatoms. The lowest BCUT2D eigenvalue weighted by Crippen LogP contribution is -2.23. The molecule has 19 heavy (non-hydrogen) atoms. The molecule has 1 aromatic rings. The van der Waals surface area contributed by atoms with Crippen molar-refractivity contribution in [3.8, 4) is 0 Å². The fourth-order valence-corrected chi connectivity index (χ4v) is 2.21. The van der Waals surface area contributed by atoms with Crippen LogP contribution in [0.25, 0.3) is 0 Å². The zero-order chi connectivity index (χ0) is 13.9. The van der Waals surface area contributed by atoms with Crippen LogP contribution in [0.2, 0.25) is 0 Å². The molecule has 0 radical (unpaired) electrons. The number of ether oxygens (including phenoxy) is 1. The molecule has 0 unspecified atom stereocenters. The lowest BCUT2D eigenvalue weighted by molar-refractivity contribution is -0.148. The molecule has 0 N–H and O–H groups in total. The smallest absolute Gasteiger partial charge is 0.316 e. The van der Waals surface area contributed by atoms with Gasteiger partial charge in [-0.3, -0.25) is 4.79 Å². The van der Waals surface area contributed by atoms with Crippen molar-refractivity contribution in [1.29, 1.82) is 0 Å². The van der Waals surface area contributed by atoms with Crippen molar-refractivity contribution in [2.24, 2.45) is 5.41 Å². The molecule has 0 spiro atoms. The van der Waals surface area contributed by atoms with Gasteiger partial charge in [0.25, 0.3) is 0 Å². The molecule has 1 atom stereocenters. The predicted octanol–water partition coefficient (Wildman–Crippen LogP) is 4.43. The molecule has 0 fully saturated rings. The maximum Gasteiger partial charge on any atom is 0.316 e. The average Bonchev–Trinajstić information content (AvgIpc) is 2.39. The van der Waals surface area contributed by atoms with Crippen LogP contribution in [-0.4, -0.2) is 5.97 Å². The van der Waals surface area contributed by atoms with E-state index in [1.54, 1.807) is 0 Å². The number of esters is 1. The highest BCUT2D eigenvalue weighted by atomic mass is 16.5. The van der Waals surface area contributed by atoms with Crippen LogP contribution in [0.3, 0.4) is 0 Å². The number of carbonyl (C=O) groups is 1. The highest BCUT2D eigenvalue weighted by Crippen LogP contribution is 2.32. The Morgan fingerprint density at radius 3 is 2.53 bits per heavy atom. The largest absolute Gasteiger partial charge is 0.431 e. The Kier molecular flexibility index (Phi) is 4.08. The van der Waals surface area contributed by atoms with E-state index in [0.29, 0.717) is 5.92 Å². The van der Waals surface area contributed by atoms with E-state index < -0.39 is 5.41 Å². The first-order valence-corrected chi connectivity index (χ1v) is 6.95. The molecule has 0 heterocycles. The summed E-state index contributed by atoms with van der Waals surface area (Å²) in [6, 6.07) is 10.4. The molecule has 0 aromatic heterocycles. The number of carbonyl (C=O) groups excluding carboxylic acids is 1. The summed E-state index contributed by atoms with van der Waals surface area (Å²) in [5, 5.41) is 0. The lowest BCUT2D eigenvalue weighted by Gasteiger charge is -2.23. The minimum Gasteiger partial charge on any atom is -0.431 e. The van der Waals surface area contributed by atoms with Crippen LogP contribution < -0.4 is 0 Å². The van der Waals surface area contributed by atoms with Crippen LogP contribution in [0, 0.1) is 5.41 Å². The lowest BCUT2D eigenvalue weighted by atomic mass is 9.88. The summed E-state index contributed by atoms with van der Waals surface area (Å²) < 4.78 is 5.53. The molecule has 0 saturated heterocycles. The zero-order valence-corrected chi connectivity index (χ0v) is 12.0. The molecular weight excluding hydrogens is 236 g/mol. The fraction of sp³-hybridized carbons (Fsp3) is 0.471. The van der Waals surface area contributed by atoms with Gasteiger partial charge >= 0.3 is 5.97 Å². The third-order valence-electron chi connectivity index (χ3n) is 3.39. The quantitative estimate of drug-likeness (QED) is 0.734. The van der Waals surface area contributed by atoms with E-state index in [2.05, 4.69) is 30.3 Å². The molecule has 1 aliphatic rings. The minimum absolute atomic E-state index is 0.146. The Balaban J connectivity index is 2.10. The summed E-state index contributed by atoms with van der Waals surface area (Å²) in [6.07, 6.45) is 5.18. The third kappa shape index (κ3) is 3.69. The molecule has 0 saturated carbocycles. The second kappa shape index (κ2) is 5.60. The van der Waals surface area contributed by atoms with Crippen LogP contribution in [0.5, 0.6) is 0 Å². The Labute approximate surface area is 115 Å². The highest BCUT2D eigenvalue weighted by Gasteiger charge is 2.26. The summed E-state index contributed by atoms with van der Waals surface area (Å²) in [4.78, 5) is 11.9. The van der Waals surface area contributed by atoms with Crippen molar-refractivity contribution in [3.63, 3.8) is 0 Å². The van der Waals surface area contributed by atoms with E-state index in [9.17, 15) is 4.79 Å². The second-order valence-corrected chi connectivity index (χ2v) is 6.18. The zero-order valence-electron chi connectivity index (χ0n) is 12.0. The van der Waals surface area contributed by atoms with Gasteiger partial charge < -0.3 is 4.74 Å². The molecule has 2 rings (SSSR count). The molecule has 2 nitrogen and oxygen atoms in total. The van der Waals surface area contributed by atoms with Crippen molar-refractivity contribution in [2.75, 3.05) is 0 Å². The number of allylic oxidation sites excluding steroid dienone is 2. The van der Waals surface area contributed by atoms with E-state index in [-0.39, 0.29) is 5.97 Å². The van der Waals surface area contributed by atoms with E-state index in [1.807, 2.05) is 26.8 Å². The summed E-state index contributed by atoms with van der Waals surface area (Å²) in [6.45, 7) is 5.65. The Bertz CT molecular complexity index is 466. The maximum atomic E-state index is 11.9. The van der Waals surface area contributed by atoms with Gasteiger partial charge in [-0.15, -0.1) is 0 Å². The monoisotopic (exact) mass is 258 g/mol. The summed E-state index contributed by atoms with van der Waals surface area (Å²) in [5.74, 6) is 1.06. The minimum atomic E-state index is -0.444. The van der Waals surface area contributed by atoms with Crippen LogP contribution in [0.1, 0.15) is 51.5 Å². The van der Waals surface area contributed by atoms with Crippen LogP contribution >= 0.6 is 0 Å². The van der Waals surface area contributed by atoms with E-state index >= 15 is 0 Å². The van der Waals surface area contributed by atoms with Crippen LogP contribution in [0.4, 0.5) is 0 Å². The van der Waals surface area contributed by atoms with Crippen molar-refractivity contribution in [2.45, 2.75) is 46.0 Å². The first kappa shape index (κ1) is 13.9. The average molecular weight is 258 g/mol. The topological polar surface area (TPSA) is 26.3 Å². The van der Waals surface area contributed by atoms with Crippen LogP contribution in [0.15, 0.2) is 42.2 Å². The molecule has 102 valence electrons. The van der Waals surface area contributed by atoms with E-state index in [4.69, 9.17) is 4.74 Å². The normalized spacial score (nSPS) is 19.7. The van der Waals surface area contributed by atoms with Gasteiger partial charge in [0.1, 0.15) is 5.76 Å². The number of benzene rings is 1. The third-order valence-corrected chi connectivity index (χ3v) is 3.39. The predicted molar refractivity (Wildman–Crippen MR) is 76.7 cm³/mol. The molecule has 0 aliphatic heterocycles. The molecule has 1 aromatic carbocycles. The first-order chi connectivity index (χ1) is 8.97. The number of rotatable bonds is 2. The van der Waals surface area contributed by atoms with Crippen LogP contribution in [-0.2, 0) is 9.53 Å². The Morgan fingerprint density at radius 1 is 1.21 bits per heavy atom. The van der Waals surface area contributed by atoms with Gasteiger partial charge in [0.2, 0.25) is 0 Å². The number of hydrogen-bond acceptors (Lipinski definition) is 2. The van der Waals surface area contributed by atoms with Gasteiger partial charge in [-0.05, 0) is 45.3 Å². The second-order valence-electron chi connectivity index (χ2n) is 6.18. The van der Waals surface area contributed by atoms with Crippen molar-refractivity contribution >= 4 is 5.97 Å². The van der Waals surface area contributed by atoms with E-state index in [0.717, 1.165) is 25.0 Å². The fourth-order valence-electron chi connectivity index (χ4n) is 2.21. The Morgan fingerprint density at radius 2 is 1.89 bits per heavy atom. The van der Waals surface area contributed by atoms with Gasteiger partial charge in [0.15, 0.2) is 0 Å². The molecule has 1 aliphatic carbocycles. The Hall–Kier alpha value is -1.57. The van der Waals surface area contributed by atoms with Crippen molar-refractivity contribution in [3.05, 3.63) is 47.7 Å². The molecular formula is C17H22O2. The highest BCUT2D eigenvalue weighted by molar-refractivity contribution is 5.76. The van der Waals surface area contributed by atoms with Gasteiger partial charge in [-0.1, -0.05) is 30.3 Å². The van der Waals surface area contributed by atoms with Gasteiger partial charge in [-0.2, -0.15) is 0 Å². The summed E-state index contributed by atoms with van der Waals surface area (Å²) >= 11 is 0. The molecule has 0 bridgehead atoms. The number of hydrogen-bond donors (Lipinski definition) is 0. The summed E-state index contributed by atoms with van der Waals surface area (Å²) in [7, 11) is 0. The first-order valence-electron chi connectivity index (χ1n) is 6.95.